The monoisotopic (exact) mass is 316 g/mol. The van der Waals surface area contributed by atoms with Gasteiger partial charge in [-0.1, -0.05) is 0 Å². The SMILES string of the molecule is CN(CC1CCOCC1)c1cc(F)c(Br)cc1N. The molecule has 1 fully saturated rings. The number of ether oxygens (including phenoxy) is 1. The molecule has 1 saturated heterocycles. The predicted octanol–water partition coefficient (Wildman–Crippen LogP) is 3.03. The lowest BCUT2D eigenvalue weighted by Gasteiger charge is -2.29. The summed E-state index contributed by atoms with van der Waals surface area (Å²) in [5.74, 6) is 0.313. The first-order valence-corrected chi connectivity index (χ1v) is 6.90. The molecule has 0 aliphatic carbocycles. The van der Waals surface area contributed by atoms with Crippen LogP contribution in [-0.2, 0) is 4.74 Å². The Morgan fingerprint density at radius 3 is 2.78 bits per heavy atom. The van der Waals surface area contributed by atoms with Crippen LogP contribution in [-0.4, -0.2) is 26.8 Å². The summed E-state index contributed by atoms with van der Waals surface area (Å²) in [4.78, 5) is 2.03. The largest absolute Gasteiger partial charge is 0.397 e. The van der Waals surface area contributed by atoms with Crippen LogP contribution >= 0.6 is 15.9 Å². The number of halogens is 2. The highest BCUT2D eigenvalue weighted by Crippen LogP contribution is 2.30. The molecule has 0 bridgehead atoms. The van der Waals surface area contributed by atoms with E-state index < -0.39 is 0 Å². The summed E-state index contributed by atoms with van der Waals surface area (Å²) < 4.78 is 19.3. The van der Waals surface area contributed by atoms with E-state index in [-0.39, 0.29) is 5.82 Å². The summed E-state index contributed by atoms with van der Waals surface area (Å²) in [5, 5.41) is 0. The van der Waals surface area contributed by atoms with Gasteiger partial charge in [0.15, 0.2) is 0 Å². The normalized spacial score (nSPS) is 16.8. The van der Waals surface area contributed by atoms with Gasteiger partial charge < -0.3 is 15.4 Å². The van der Waals surface area contributed by atoms with Crippen molar-refractivity contribution >= 4 is 27.3 Å². The first-order valence-electron chi connectivity index (χ1n) is 6.11. The van der Waals surface area contributed by atoms with Gasteiger partial charge in [0.25, 0.3) is 0 Å². The summed E-state index contributed by atoms with van der Waals surface area (Å²) in [7, 11) is 1.95. The second kappa shape index (κ2) is 5.89. The van der Waals surface area contributed by atoms with Gasteiger partial charge in [0.1, 0.15) is 5.82 Å². The molecule has 2 rings (SSSR count). The van der Waals surface area contributed by atoms with Crippen molar-refractivity contribution in [1.82, 2.24) is 0 Å². The summed E-state index contributed by atoms with van der Waals surface area (Å²) in [6, 6.07) is 3.10. The topological polar surface area (TPSA) is 38.5 Å². The Morgan fingerprint density at radius 1 is 1.44 bits per heavy atom. The van der Waals surface area contributed by atoms with E-state index in [1.807, 2.05) is 11.9 Å². The van der Waals surface area contributed by atoms with E-state index in [0.717, 1.165) is 38.3 Å². The maximum absolute atomic E-state index is 13.5. The molecular formula is C13H18BrFN2O. The van der Waals surface area contributed by atoms with Crippen LogP contribution in [0.25, 0.3) is 0 Å². The molecule has 3 nitrogen and oxygen atoms in total. The summed E-state index contributed by atoms with van der Waals surface area (Å²) in [6.45, 7) is 2.53. The maximum Gasteiger partial charge on any atom is 0.139 e. The van der Waals surface area contributed by atoms with Gasteiger partial charge in [-0.3, -0.25) is 0 Å². The van der Waals surface area contributed by atoms with E-state index in [2.05, 4.69) is 15.9 Å². The van der Waals surface area contributed by atoms with Crippen molar-refractivity contribution in [2.75, 3.05) is 37.4 Å². The van der Waals surface area contributed by atoms with Gasteiger partial charge >= 0.3 is 0 Å². The van der Waals surface area contributed by atoms with Crippen LogP contribution < -0.4 is 10.6 Å². The van der Waals surface area contributed by atoms with E-state index in [1.54, 1.807) is 6.07 Å². The quantitative estimate of drug-likeness (QED) is 0.871. The Balaban J connectivity index is 2.08. The van der Waals surface area contributed by atoms with Crippen molar-refractivity contribution in [2.24, 2.45) is 5.92 Å². The summed E-state index contributed by atoms with van der Waals surface area (Å²) >= 11 is 3.14. The average molecular weight is 317 g/mol. The molecule has 1 heterocycles. The number of benzene rings is 1. The van der Waals surface area contributed by atoms with Crippen LogP contribution in [0.5, 0.6) is 0 Å². The number of rotatable bonds is 3. The van der Waals surface area contributed by atoms with Gasteiger partial charge in [0.2, 0.25) is 0 Å². The van der Waals surface area contributed by atoms with E-state index in [9.17, 15) is 4.39 Å². The van der Waals surface area contributed by atoms with Crippen LogP contribution in [0.2, 0.25) is 0 Å². The number of anilines is 2. The summed E-state index contributed by atoms with van der Waals surface area (Å²) in [5.41, 5.74) is 7.28. The fourth-order valence-electron chi connectivity index (χ4n) is 2.30. The smallest absolute Gasteiger partial charge is 0.139 e. The Morgan fingerprint density at radius 2 is 2.11 bits per heavy atom. The maximum atomic E-state index is 13.5. The minimum Gasteiger partial charge on any atom is -0.397 e. The van der Waals surface area contributed by atoms with Crippen LogP contribution in [0.3, 0.4) is 0 Å². The number of hydrogen-bond donors (Lipinski definition) is 1. The zero-order chi connectivity index (χ0) is 13.1. The molecule has 0 spiro atoms. The molecular weight excluding hydrogens is 299 g/mol. The van der Waals surface area contributed by atoms with Crippen molar-refractivity contribution in [3.63, 3.8) is 0 Å². The third-order valence-corrected chi connectivity index (χ3v) is 3.96. The predicted molar refractivity (Wildman–Crippen MR) is 75.3 cm³/mol. The zero-order valence-electron chi connectivity index (χ0n) is 10.5. The van der Waals surface area contributed by atoms with Crippen LogP contribution in [0, 0.1) is 11.7 Å². The third-order valence-electron chi connectivity index (χ3n) is 3.35. The van der Waals surface area contributed by atoms with Crippen molar-refractivity contribution < 1.29 is 9.13 Å². The fraction of sp³-hybridized carbons (Fsp3) is 0.538. The molecule has 1 aromatic rings. The Hall–Kier alpha value is -0.810. The highest BCUT2D eigenvalue weighted by molar-refractivity contribution is 9.10. The average Bonchev–Trinajstić information content (AvgIpc) is 2.35. The minimum absolute atomic E-state index is 0.280. The standard InChI is InChI=1S/C13H18BrFN2O/c1-17(8-9-2-4-18-5-3-9)13-7-11(15)10(14)6-12(13)16/h6-7,9H,2-5,8,16H2,1H3. The lowest BCUT2D eigenvalue weighted by atomic mass is 9.99. The number of nitrogens with two attached hydrogens (primary N) is 1. The molecule has 0 saturated carbocycles. The lowest BCUT2D eigenvalue weighted by molar-refractivity contribution is 0.0685. The number of nitrogen functional groups attached to an aromatic ring is 1. The molecule has 18 heavy (non-hydrogen) atoms. The first-order chi connectivity index (χ1) is 8.58. The Bertz CT molecular complexity index is 422. The zero-order valence-corrected chi connectivity index (χ0v) is 12.0. The molecule has 0 unspecified atom stereocenters. The first kappa shape index (κ1) is 13.6. The molecule has 1 aliphatic heterocycles. The molecule has 100 valence electrons. The molecule has 1 aliphatic rings. The van der Waals surface area contributed by atoms with E-state index >= 15 is 0 Å². The number of hydrogen-bond acceptors (Lipinski definition) is 3. The van der Waals surface area contributed by atoms with Gasteiger partial charge in [0, 0.05) is 32.9 Å². The van der Waals surface area contributed by atoms with Crippen molar-refractivity contribution in [1.29, 1.82) is 0 Å². The van der Waals surface area contributed by atoms with E-state index in [0.29, 0.717) is 16.1 Å². The molecule has 5 heteroatoms. The van der Waals surface area contributed by atoms with Crippen LogP contribution in [0.15, 0.2) is 16.6 Å². The highest BCUT2D eigenvalue weighted by Gasteiger charge is 2.18. The van der Waals surface area contributed by atoms with Gasteiger partial charge in [-0.05, 0) is 40.8 Å². The van der Waals surface area contributed by atoms with Crippen molar-refractivity contribution in [2.45, 2.75) is 12.8 Å². The van der Waals surface area contributed by atoms with E-state index in [4.69, 9.17) is 10.5 Å². The fourth-order valence-corrected chi connectivity index (χ4v) is 2.66. The summed E-state index contributed by atoms with van der Waals surface area (Å²) in [6.07, 6.45) is 2.12. The molecule has 0 aromatic heterocycles. The molecule has 0 radical (unpaired) electrons. The molecule has 1 aromatic carbocycles. The third kappa shape index (κ3) is 3.14. The number of nitrogens with zero attached hydrogens (tertiary/aromatic N) is 1. The van der Waals surface area contributed by atoms with Crippen molar-refractivity contribution in [3.8, 4) is 0 Å². The van der Waals surface area contributed by atoms with Crippen molar-refractivity contribution in [3.05, 3.63) is 22.4 Å². The lowest BCUT2D eigenvalue weighted by Crippen LogP contribution is -2.30. The van der Waals surface area contributed by atoms with Gasteiger partial charge in [-0.15, -0.1) is 0 Å². The minimum atomic E-state index is -0.280. The second-order valence-electron chi connectivity index (χ2n) is 4.76. The van der Waals surface area contributed by atoms with E-state index in [1.165, 1.54) is 6.07 Å². The molecule has 0 atom stereocenters. The van der Waals surface area contributed by atoms with Gasteiger partial charge in [0.05, 0.1) is 15.8 Å². The molecule has 2 N–H and O–H groups in total. The Kier molecular flexibility index (Phi) is 4.45. The molecule has 0 amide bonds. The highest BCUT2D eigenvalue weighted by atomic mass is 79.9. The van der Waals surface area contributed by atoms with Crippen LogP contribution in [0.1, 0.15) is 12.8 Å². The van der Waals surface area contributed by atoms with Gasteiger partial charge in [-0.2, -0.15) is 0 Å². The van der Waals surface area contributed by atoms with Gasteiger partial charge in [-0.25, -0.2) is 4.39 Å². The second-order valence-corrected chi connectivity index (χ2v) is 5.62. The van der Waals surface area contributed by atoms with Crippen LogP contribution in [0.4, 0.5) is 15.8 Å². The Labute approximate surface area is 115 Å².